The summed E-state index contributed by atoms with van der Waals surface area (Å²) in [6.07, 6.45) is 3.68. The van der Waals surface area contributed by atoms with Crippen molar-refractivity contribution in [3.8, 4) is 0 Å². The summed E-state index contributed by atoms with van der Waals surface area (Å²) in [6, 6.07) is 8.14. The fourth-order valence-electron chi connectivity index (χ4n) is 3.42. The van der Waals surface area contributed by atoms with Gasteiger partial charge in [-0.05, 0) is 38.3 Å². The molecular weight excluding hydrogens is 304 g/mol. The van der Waals surface area contributed by atoms with Crippen LogP contribution in [-0.4, -0.2) is 52.5 Å². The van der Waals surface area contributed by atoms with Gasteiger partial charge in [0.15, 0.2) is 0 Å². The smallest absolute Gasteiger partial charge is 0.323 e. The molecule has 1 atom stereocenters. The van der Waals surface area contributed by atoms with Gasteiger partial charge in [0.1, 0.15) is 6.54 Å². The first-order valence-electron chi connectivity index (χ1n) is 8.81. The highest BCUT2D eigenvalue weighted by molar-refractivity contribution is 5.85. The number of aliphatic carboxylic acids is 1. The van der Waals surface area contributed by atoms with Crippen molar-refractivity contribution in [3.63, 3.8) is 0 Å². The molecule has 132 valence electrons. The lowest BCUT2D eigenvalue weighted by Crippen LogP contribution is -2.51. The first kappa shape index (κ1) is 18.5. The van der Waals surface area contributed by atoms with Crippen LogP contribution in [-0.2, 0) is 16.1 Å². The van der Waals surface area contributed by atoms with E-state index in [0.29, 0.717) is 6.54 Å². The van der Waals surface area contributed by atoms with Gasteiger partial charge in [-0.1, -0.05) is 43.2 Å². The number of amides is 1. The minimum absolute atomic E-state index is 0.0356. The summed E-state index contributed by atoms with van der Waals surface area (Å²) in [6.45, 7) is 5.95. The quantitative estimate of drug-likeness (QED) is 0.834. The molecule has 0 aromatic heterocycles. The van der Waals surface area contributed by atoms with Gasteiger partial charge in [0, 0.05) is 13.1 Å². The van der Waals surface area contributed by atoms with E-state index in [0.717, 1.165) is 38.8 Å². The molecule has 0 aliphatic carbocycles. The van der Waals surface area contributed by atoms with Crippen molar-refractivity contribution in [2.75, 3.05) is 19.6 Å². The molecule has 1 unspecified atom stereocenters. The molecule has 5 nitrogen and oxygen atoms in total. The molecule has 1 aliphatic rings. The summed E-state index contributed by atoms with van der Waals surface area (Å²) in [5.41, 5.74) is 2.42. The van der Waals surface area contributed by atoms with Gasteiger partial charge < -0.3 is 10.0 Å². The van der Waals surface area contributed by atoms with Gasteiger partial charge in [0.25, 0.3) is 0 Å². The summed E-state index contributed by atoms with van der Waals surface area (Å²) in [5, 5.41) is 9.08. The number of hydrogen-bond donors (Lipinski definition) is 1. The van der Waals surface area contributed by atoms with Crippen molar-refractivity contribution >= 4 is 11.9 Å². The van der Waals surface area contributed by atoms with E-state index in [1.165, 1.54) is 16.0 Å². The van der Waals surface area contributed by atoms with Crippen LogP contribution in [0.1, 0.15) is 43.7 Å². The van der Waals surface area contributed by atoms with E-state index in [1.807, 2.05) is 13.0 Å². The van der Waals surface area contributed by atoms with Gasteiger partial charge in [0.2, 0.25) is 5.91 Å². The van der Waals surface area contributed by atoms with E-state index in [-0.39, 0.29) is 18.5 Å². The Balaban J connectivity index is 2.11. The third kappa shape index (κ3) is 5.06. The summed E-state index contributed by atoms with van der Waals surface area (Å²) in [7, 11) is 0. The Kier molecular flexibility index (Phi) is 6.79. The van der Waals surface area contributed by atoms with Crippen LogP contribution in [0.2, 0.25) is 0 Å². The molecule has 1 saturated heterocycles. The molecule has 24 heavy (non-hydrogen) atoms. The van der Waals surface area contributed by atoms with Crippen molar-refractivity contribution in [2.45, 2.75) is 52.1 Å². The molecule has 1 aromatic rings. The lowest BCUT2D eigenvalue weighted by molar-refractivity contribution is -0.147. The summed E-state index contributed by atoms with van der Waals surface area (Å²) in [4.78, 5) is 27.7. The molecule has 1 aromatic carbocycles. The number of carbonyl (C=O) groups excluding carboxylic acids is 1. The fourth-order valence-corrected chi connectivity index (χ4v) is 3.42. The first-order valence-corrected chi connectivity index (χ1v) is 8.81. The zero-order valence-corrected chi connectivity index (χ0v) is 14.7. The number of benzene rings is 1. The average molecular weight is 332 g/mol. The third-order valence-corrected chi connectivity index (χ3v) is 4.50. The molecule has 2 rings (SSSR count). The Bertz CT molecular complexity index is 573. The van der Waals surface area contributed by atoms with E-state index >= 15 is 0 Å². The van der Waals surface area contributed by atoms with E-state index in [9.17, 15) is 9.59 Å². The molecule has 1 fully saturated rings. The SMILES string of the molecule is CCCN(CC(=O)O)C(=O)C1CCCCN1Cc1cccc(C)c1. The number of nitrogens with zero attached hydrogens (tertiary/aromatic N) is 2. The number of rotatable bonds is 7. The van der Waals surface area contributed by atoms with E-state index in [4.69, 9.17) is 5.11 Å². The highest BCUT2D eigenvalue weighted by atomic mass is 16.4. The van der Waals surface area contributed by atoms with E-state index in [1.54, 1.807) is 0 Å². The predicted octanol–water partition coefficient (Wildman–Crippen LogP) is 2.67. The lowest BCUT2D eigenvalue weighted by atomic mass is 9.99. The maximum absolute atomic E-state index is 12.9. The van der Waals surface area contributed by atoms with Crippen molar-refractivity contribution in [2.24, 2.45) is 0 Å². The van der Waals surface area contributed by atoms with Gasteiger partial charge in [-0.3, -0.25) is 14.5 Å². The second kappa shape index (κ2) is 8.83. The zero-order valence-electron chi connectivity index (χ0n) is 14.7. The molecule has 5 heteroatoms. The van der Waals surface area contributed by atoms with Gasteiger partial charge >= 0.3 is 5.97 Å². The molecular formula is C19H28N2O3. The van der Waals surface area contributed by atoms with Crippen molar-refractivity contribution in [1.29, 1.82) is 0 Å². The lowest BCUT2D eigenvalue weighted by Gasteiger charge is -2.37. The maximum atomic E-state index is 12.9. The summed E-state index contributed by atoms with van der Waals surface area (Å²) >= 11 is 0. The number of aryl methyl sites for hydroxylation is 1. The van der Waals surface area contributed by atoms with Crippen LogP contribution < -0.4 is 0 Å². The Morgan fingerprint density at radius 3 is 2.79 bits per heavy atom. The van der Waals surface area contributed by atoms with Crippen LogP contribution in [0.4, 0.5) is 0 Å². The molecule has 1 N–H and O–H groups in total. The Labute approximate surface area is 144 Å². The van der Waals surface area contributed by atoms with Crippen molar-refractivity contribution < 1.29 is 14.7 Å². The van der Waals surface area contributed by atoms with E-state index < -0.39 is 5.97 Å². The minimum atomic E-state index is -0.946. The first-order chi connectivity index (χ1) is 11.5. The summed E-state index contributed by atoms with van der Waals surface area (Å²) in [5.74, 6) is -0.982. The molecule has 1 heterocycles. The highest BCUT2D eigenvalue weighted by Gasteiger charge is 2.32. The van der Waals surface area contributed by atoms with E-state index in [2.05, 4.69) is 30.0 Å². The van der Waals surface area contributed by atoms with Gasteiger partial charge in [-0.25, -0.2) is 0 Å². The molecule has 1 amide bonds. The van der Waals surface area contributed by atoms with Crippen LogP contribution in [0.25, 0.3) is 0 Å². The van der Waals surface area contributed by atoms with Gasteiger partial charge in [-0.2, -0.15) is 0 Å². The number of carboxylic acids is 1. The fraction of sp³-hybridized carbons (Fsp3) is 0.579. The molecule has 0 radical (unpaired) electrons. The number of carboxylic acid groups (broad SMARTS) is 1. The summed E-state index contributed by atoms with van der Waals surface area (Å²) < 4.78 is 0. The zero-order chi connectivity index (χ0) is 17.5. The highest BCUT2D eigenvalue weighted by Crippen LogP contribution is 2.22. The second-order valence-corrected chi connectivity index (χ2v) is 6.62. The number of piperidine rings is 1. The molecule has 0 saturated carbocycles. The van der Waals surface area contributed by atoms with Crippen LogP contribution in [0.15, 0.2) is 24.3 Å². The topological polar surface area (TPSA) is 60.9 Å². The van der Waals surface area contributed by atoms with Crippen molar-refractivity contribution in [1.82, 2.24) is 9.80 Å². The van der Waals surface area contributed by atoms with Crippen LogP contribution in [0.5, 0.6) is 0 Å². The van der Waals surface area contributed by atoms with Crippen LogP contribution >= 0.6 is 0 Å². The maximum Gasteiger partial charge on any atom is 0.323 e. The molecule has 0 bridgehead atoms. The average Bonchev–Trinajstić information content (AvgIpc) is 2.54. The Morgan fingerprint density at radius 1 is 1.33 bits per heavy atom. The van der Waals surface area contributed by atoms with Crippen LogP contribution in [0, 0.1) is 6.92 Å². The second-order valence-electron chi connectivity index (χ2n) is 6.62. The predicted molar refractivity (Wildman–Crippen MR) is 93.7 cm³/mol. The molecule has 0 spiro atoms. The normalized spacial score (nSPS) is 18.3. The molecule has 1 aliphatic heterocycles. The minimum Gasteiger partial charge on any atom is -0.480 e. The Morgan fingerprint density at radius 2 is 2.12 bits per heavy atom. The monoisotopic (exact) mass is 332 g/mol. The standard InChI is InChI=1S/C19H28N2O3/c1-3-10-21(14-18(22)23)19(24)17-9-4-5-11-20(17)13-16-8-6-7-15(2)12-16/h6-8,12,17H,3-5,9-11,13-14H2,1-2H3,(H,22,23). The largest absolute Gasteiger partial charge is 0.480 e. The Hall–Kier alpha value is -1.88. The number of carbonyl (C=O) groups is 2. The van der Waals surface area contributed by atoms with Gasteiger partial charge in [0.05, 0.1) is 6.04 Å². The van der Waals surface area contributed by atoms with Crippen molar-refractivity contribution in [3.05, 3.63) is 35.4 Å². The van der Waals surface area contributed by atoms with Crippen LogP contribution in [0.3, 0.4) is 0 Å². The van der Waals surface area contributed by atoms with Gasteiger partial charge in [-0.15, -0.1) is 0 Å². The number of hydrogen-bond acceptors (Lipinski definition) is 3. The third-order valence-electron chi connectivity index (χ3n) is 4.50. The number of likely N-dealkylation sites (tertiary alicyclic amines) is 1.